The Morgan fingerprint density at radius 3 is 2.20 bits per heavy atom. The Hall–Kier alpha value is -3.26. The molecule has 0 atom stereocenters. The van der Waals surface area contributed by atoms with Gasteiger partial charge in [-0.1, -0.05) is 18.2 Å². The van der Waals surface area contributed by atoms with Gasteiger partial charge in [0.1, 0.15) is 0 Å². The minimum atomic E-state index is -0.998. The molecule has 0 saturated heterocycles. The Morgan fingerprint density at radius 2 is 1.64 bits per heavy atom. The molecule has 0 heterocycles. The largest absolute Gasteiger partial charge is 0.490 e. The maximum absolute atomic E-state index is 10.9. The molecule has 0 bridgehead atoms. The monoisotopic (exact) mass is 337 g/mol. The van der Waals surface area contributed by atoms with Crippen molar-refractivity contribution in [3.8, 4) is 17.6 Å². The molecular formula is C20H19NO4. The van der Waals surface area contributed by atoms with E-state index >= 15 is 0 Å². The molecule has 5 nitrogen and oxygen atoms in total. The third-order valence-electron chi connectivity index (χ3n) is 3.44. The van der Waals surface area contributed by atoms with Crippen LogP contribution in [0.3, 0.4) is 0 Å². The first-order chi connectivity index (χ1) is 12.1. The summed E-state index contributed by atoms with van der Waals surface area (Å²) in [6.45, 7) is 4.84. The summed E-state index contributed by atoms with van der Waals surface area (Å²) in [5.41, 5.74) is 2.06. The van der Waals surface area contributed by atoms with Crippen molar-refractivity contribution < 1.29 is 19.4 Å². The molecule has 128 valence electrons. The maximum atomic E-state index is 10.9. The van der Waals surface area contributed by atoms with Crippen LogP contribution < -0.4 is 9.47 Å². The molecule has 2 aromatic rings. The highest BCUT2D eigenvalue weighted by Gasteiger charge is 2.08. The lowest BCUT2D eigenvalue weighted by Crippen LogP contribution is -1.98. The van der Waals surface area contributed by atoms with Gasteiger partial charge in [-0.15, -0.1) is 0 Å². The number of nitrogens with zero attached hydrogens (tertiary/aromatic N) is 1. The van der Waals surface area contributed by atoms with Gasteiger partial charge in [0.25, 0.3) is 0 Å². The number of benzene rings is 2. The molecule has 25 heavy (non-hydrogen) atoms. The summed E-state index contributed by atoms with van der Waals surface area (Å²) in [6.07, 6.45) is 1.73. The van der Waals surface area contributed by atoms with Crippen LogP contribution in [0.5, 0.6) is 11.5 Å². The molecule has 2 aromatic carbocycles. The van der Waals surface area contributed by atoms with Crippen molar-refractivity contribution >= 4 is 17.6 Å². The number of carbonyl (C=O) groups is 1. The molecule has 5 heteroatoms. The van der Waals surface area contributed by atoms with Gasteiger partial charge in [0, 0.05) is 0 Å². The predicted molar refractivity (Wildman–Crippen MR) is 95.7 cm³/mol. The molecule has 0 aliphatic carbocycles. The summed E-state index contributed by atoms with van der Waals surface area (Å²) in [5, 5.41) is 18.4. The van der Waals surface area contributed by atoms with Crippen LogP contribution in [0.25, 0.3) is 11.6 Å². The van der Waals surface area contributed by atoms with Crippen LogP contribution in [0.1, 0.15) is 35.3 Å². The summed E-state index contributed by atoms with van der Waals surface area (Å²) in [4.78, 5) is 10.9. The van der Waals surface area contributed by atoms with Crippen LogP contribution >= 0.6 is 0 Å². The zero-order valence-electron chi connectivity index (χ0n) is 14.2. The number of nitriles is 1. The normalized spacial score (nSPS) is 10.8. The minimum absolute atomic E-state index is 0.181. The van der Waals surface area contributed by atoms with Crippen molar-refractivity contribution in [2.24, 2.45) is 0 Å². The Balaban J connectivity index is 2.37. The molecule has 0 saturated carbocycles. The molecule has 0 spiro atoms. The van der Waals surface area contributed by atoms with Crippen molar-refractivity contribution in [2.75, 3.05) is 13.2 Å². The lowest BCUT2D eigenvalue weighted by atomic mass is 10.0. The van der Waals surface area contributed by atoms with E-state index in [1.165, 1.54) is 12.1 Å². The lowest BCUT2D eigenvalue weighted by molar-refractivity contribution is 0.0697. The highest BCUT2D eigenvalue weighted by atomic mass is 16.5. The summed E-state index contributed by atoms with van der Waals surface area (Å²) >= 11 is 0. The van der Waals surface area contributed by atoms with Crippen LogP contribution in [0.4, 0.5) is 0 Å². The van der Waals surface area contributed by atoms with Gasteiger partial charge in [0.2, 0.25) is 0 Å². The highest BCUT2D eigenvalue weighted by molar-refractivity contribution is 5.92. The van der Waals surface area contributed by atoms with Gasteiger partial charge in [-0.3, -0.25) is 0 Å². The SMILES string of the molecule is CCOc1ccc(/C=C(/C#N)c2ccc(C(=O)O)cc2)cc1OCC. The van der Waals surface area contributed by atoms with E-state index in [2.05, 4.69) is 6.07 Å². The second kappa shape index (κ2) is 8.55. The third-order valence-corrected chi connectivity index (χ3v) is 3.44. The van der Waals surface area contributed by atoms with E-state index in [1.54, 1.807) is 18.2 Å². The zero-order chi connectivity index (χ0) is 18.2. The number of hydrogen-bond donors (Lipinski definition) is 1. The molecular weight excluding hydrogens is 318 g/mol. The van der Waals surface area contributed by atoms with E-state index in [0.717, 1.165) is 5.56 Å². The first-order valence-corrected chi connectivity index (χ1v) is 7.94. The summed E-state index contributed by atoms with van der Waals surface area (Å²) in [5.74, 6) is 0.282. The van der Waals surface area contributed by atoms with Crippen molar-refractivity contribution in [1.29, 1.82) is 5.26 Å². The van der Waals surface area contributed by atoms with Crippen molar-refractivity contribution in [3.63, 3.8) is 0 Å². The van der Waals surface area contributed by atoms with E-state index in [0.29, 0.717) is 35.8 Å². The Bertz CT molecular complexity index is 817. The number of aromatic carboxylic acids is 1. The lowest BCUT2D eigenvalue weighted by Gasteiger charge is -2.11. The summed E-state index contributed by atoms with van der Waals surface area (Å²) in [6, 6.07) is 13.8. The molecule has 2 rings (SSSR count). The molecule has 1 N–H and O–H groups in total. The first kappa shape index (κ1) is 18.1. The van der Waals surface area contributed by atoms with E-state index in [-0.39, 0.29) is 5.56 Å². The average molecular weight is 337 g/mol. The van der Waals surface area contributed by atoms with Crippen molar-refractivity contribution in [3.05, 3.63) is 59.2 Å². The van der Waals surface area contributed by atoms with Gasteiger partial charge in [-0.2, -0.15) is 5.26 Å². The molecule has 0 radical (unpaired) electrons. The number of carboxylic acid groups (broad SMARTS) is 1. The van der Waals surface area contributed by atoms with E-state index in [9.17, 15) is 10.1 Å². The van der Waals surface area contributed by atoms with Crippen LogP contribution in [0, 0.1) is 11.3 Å². The first-order valence-electron chi connectivity index (χ1n) is 7.94. The number of allylic oxidation sites excluding steroid dienone is 1. The number of rotatable bonds is 7. The van der Waals surface area contributed by atoms with Crippen molar-refractivity contribution in [1.82, 2.24) is 0 Å². The zero-order valence-corrected chi connectivity index (χ0v) is 14.2. The summed E-state index contributed by atoms with van der Waals surface area (Å²) < 4.78 is 11.1. The predicted octanol–water partition coefficient (Wildman–Crippen LogP) is 4.25. The minimum Gasteiger partial charge on any atom is -0.490 e. The highest BCUT2D eigenvalue weighted by Crippen LogP contribution is 2.30. The standard InChI is InChI=1S/C20H19NO4/c1-3-24-18-10-5-14(12-19(18)25-4-2)11-17(13-21)15-6-8-16(9-7-15)20(22)23/h5-12H,3-4H2,1-2H3,(H,22,23)/b17-11-. The van der Waals surface area contributed by atoms with Crippen LogP contribution in [-0.2, 0) is 0 Å². The summed E-state index contributed by atoms with van der Waals surface area (Å²) in [7, 11) is 0. The number of ether oxygens (including phenoxy) is 2. The van der Waals surface area contributed by atoms with Crippen LogP contribution in [0.15, 0.2) is 42.5 Å². The number of carboxylic acids is 1. The Morgan fingerprint density at radius 1 is 1.04 bits per heavy atom. The maximum Gasteiger partial charge on any atom is 0.335 e. The van der Waals surface area contributed by atoms with Crippen LogP contribution in [-0.4, -0.2) is 24.3 Å². The Kier molecular flexibility index (Phi) is 6.19. The Labute approximate surface area is 146 Å². The van der Waals surface area contributed by atoms with Gasteiger partial charge >= 0.3 is 5.97 Å². The van der Waals surface area contributed by atoms with Crippen molar-refractivity contribution in [2.45, 2.75) is 13.8 Å². The smallest absolute Gasteiger partial charge is 0.335 e. The van der Waals surface area contributed by atoms with Gasteiger partial charge < -0.3 is 14.6 Å². The second-order valence-corrected chi connectivity index (χ2v) is 5.12. The molecule has 0 aromatic heterocycles. The molecule has 0 aliphatic heterocycles. The van der Waals surface area contributed by atoms with Crippen LogP contribution in [0.2, 0.25) is 0 Å². The molecule has 0 fully saturated rings. The third kappa shape index (κ3) is 4.61. The topological polar surface area (TPSA) is 79.5 Å². The fraction of sp³-hybridized carbons (Fsp3) is 0.200. The average Bonchev–Trinajstić information content (AvgIpc) is 2.62. The van der Waals surface area contributed by atoms with E-state index < -0.39 is 5.97 Å². The fourth-order valence-corrected chi connectivity index (χ4v) is 2.30. The molecule has 0 unspecified atom stereocenters. The molecule has 0 amide bonds. The van der Waals surface area contributed by atoms with E-state index in [4.69, 9.17) is 14.6 Å². The molecule has 0 aliphatic rings. The van der Waals surface area contributed by atoms with Gasteiger partial charge in [-0.25, -0.2) is 4.79 Å². The second-order valence-electron chi connectivity index (χ2n) is 5.12. The quantitative estimate of drug-likeness (QED) is 0.603. The van der Waals surface area contributed by atoms with E-state index in [1.807, 2.05) is 32.0 Å². The number of hydrogen-bond acceptors (Lipinski definition) is 4. The van der Waals surface area contributed by atoms with Gasteiger partial charge in [-0.05, 0) is 55.3 Å². The van der Waals surface area contributed by atoms with Gasteiger partial charge in [0.05, 0.1) is 30.4 Å². The fourth-order valence-electron chi connectivity index (χ4n) is 2.30. The van der Waals surface area contributed by atoms with Gasteiger partial charge in [0.15, 0.2) is 11.5 Å².